The van der Waals surface area contributed by atoms with Crippen molar-refractivity contribution in [2.45, 2.75) is 19.4 Å². The Balaban J connectivity index is 2.13. The summed E-state index contributed by atoms with van der Waals surface area (Å²) in [6.45, 7) is 1.92. The molecule has 0 spiro atoms. The Morgan fingerprint density at radius 2 is 1.64 bits per heavy atom. The van der Waals surface area contributed by atoms with Crippen LogP contribution in [0.2, 0.25) is 5.02 Å². The summed E-state index contributed by atoms with van der Waals surface area (Å²) in [5.74, 6) is 1.41. The Morgan fingerprint density at radius 3 is 2.20 bits per heavy atom. The molecule has 1 amide bonds. The number of rotatable bonds is 7. The number of ether oxygens (including phenoxy) is 3. The first-order valence-electron chi connectivity index (χ1n) is 7.82. The van der Waals surface area contributed by atoms with Gasteiger partial charge >= 0.3 is 0 Å². The van der Waals surface area contributed by atoms with E-state index >= 15 is 0 Å². The minimum Gasteiger partial charge on any atom is -0.493 e. The molecule has 5 nitrogen and oxygen atoms in total. The second-order valence-corrected chi connectivity index (χ2v) is 5.95. The monoisotopic (exact) mass is 363 g/mol. The highest BCUT2D eigenvalue weighted by Crippen LogP contribution is 2.39. The topological polar surface area (TPSA) is 56.8 Å². The summed E-state index contributed by atoms with van der Waals surface area (Å²) >= 11 is 5.89. The van der Waals surface area contributed by atoms with Crippen molar-refractivity contribution in [3.05, 3.63) is 52.5 Å². The molecule has 25 heavy (non-hydrogen) atoms. The van der Waals surface area contributed by atoms with Gasteiger partial charge in [-0.05, 0) is 30.7 Å². The second kappa shape index (κ2) is 8.62. The number of halogens is 1. The maximum atomic E-state index is 12.4. The summed E-state index contributed by atoms with van der Waals surface area (Å²) in [6, 6.07) is 10.8. The Labute approximate surface area is 152 Å². The normalized spacial score (nSPS) is 11.6. The van der Waals surface area contributed by atoms with E-state index in [9.17, 15) is 4.79 Å². The molecular formula is C19H22ClNO4. The fourth-order valence-electron chi connectivity index (χ4n) is 2.60. The molecule has 2 aromatic rings. The molecule has 0 saturated carbocycles. The number of nitrogens with one attached hydrogen (secondary N) is 1. The molecule has 2 aromatic carbocycles. The smallest absolute Gasteiger partial charge is 0.225 e. The highest BCUT2D eigenvalue weighted by atomic mass is 35.5. The van der Waals surface area contributed by atoms with E-state index < -0.39 is 0 Å². The number of methoxy groups -OCH3 is 3. The molecule has 1 N–H and O–H groups in total. The SMILES string of the molecule is COc1ccc(CC(=O)N[C@H](C)c2ccc(Cl)cc2)c(OC)c1OC. The zero-order valence-electron chi connectivity index (χ0n) is 14.8. The molecular weight excluding hydrogens is 342 g/mol. The van der Waals surface area contributed by atoms with Crippen molar-refractivity contribution in [1.29, 1.82) is 0 Å². The standard InChI is InChI=1S/C19H22ClNO4/c1-12(13-5-8-15(20)9-6-13)21-17(22)11-14-7-10-16(23-2)19(25-4)18(14)24-3/h5-10,12H,11H2,1-4H3,(H,21,22)/t12-/m1/s1. The van der Waals surface area contributed by atoms with Gasteiger partial charge in [-0.3, -0.25) is 4.79 Å². The van der Waals surface area contributed by atoms with E-state index in [1.165, 1.54) is 14.2 Å². The van der Waals surface area contributed by atoms with Gasteiger partial charge < -0.3 is 19.5 Å². The molecule has 0 aliphatic heterocycles. The largest absolute Gasteiger partial charge is 0.493 e. The van der Waals surface area contributed by atoms with Crippen LogP contribution in [-0.2, 0) is 11.2 Å². The quantitative estimate of drug-likeness (QED) is 0.813. The minimum atomic E-state index is -0.129. The summed E-state index contributed by atoms with van der Waals surface area (Å²) in [4.78, 5) is 12.4. The van der Waals surface area contributed by atoms with E-state index in [2.05, 4.69) is 5.32 Å². The van der Waals surface area contributed by atoms with Gasteiger partial charge in [-0.25, -0.2) is 0 Å². The first-order chi connectivity index (χ1) is 12.0. The van der Waals surface area contributed by atoms with Crippen LogP contribution >= 0.6 is 11.6 Å². The molecule has 0 bridgehead atoms. The third-order valence-electron chi connectivity index (χ3n) is 3.88. The molecule has 0 heterocycles. The predicted octanol–water partition coefficient (Wildman–Crippen LogP) is 3.79. The summed E-state index contributed by atoms with van der Waals surface area (Å²) in [5.41, 5.74) is 1.71. The number of hydrogen-bond donors (Lipinski definition) is 1. The van der Waals surface area contributed by atoms with E-state index in [1.807, 2.05) is 19.1 Å². The lowest BCUT2D eigenvalue weighted by Crippen LogP contribution is -2.28. The van der Waals surface area contributed by atoms with E-state index in [0.29, 0.717) is 22.3 Å². The second-order valence-electron chi connectivity index (χ2n) is 5.51. The van der Waals surface area contributed by atoms with Gasteiger partial charge in [0, 0.05) is 10.6 Å². The van der Waals surface area contributed by atoms with Crippen LogP contribution < -0.4 is 19.5 Å². The molecule has 0 unspecified atom stereocenters. The number of amides is 1. The molecule has 6 heteroatoms. The van der Waals surface area contributed by atoms with Crippen molar-refractivity contribution in [2.24, 2.45) is 0 Å². The van der Waals surface area contributed by atoms with Crippen LogP contribution in [0.5, 0.6) is 17.2 Å². The van der Waals surface area contributed by atoms with Crippen molar-refractivity contribution >= 4 is 17.5 Å². The van der Waals surface area contributed by atoms with Gasteiger partial charge in [0.25, 0.3) is 0 Å². The van der Waals surface area contributed by atoms with Gasteiger partial charge in [-0.2, -0.15) is 0 Å². The van der Waals surface area contributed by atoms with Crippen LogP contribution in [0.3, 0.4) is 0 Å². The van der Waals surface area contributed by atoms with Crippen molar-refractivity contribution in [3.63, 3.8) is 0 Å². The van der Waals surface area contributed by atoms with Crippen LogP contribution in [0.15, 0.2) is 36.4 Å². The van der Waals surface area contributed by atoms with Crippen molar-refractivity contribution < 1.29 is 19.0 Å². The van der Waals surface area contributed by atoms with Gasteiger partial charge in [0.05, 0.1) is 33.8 Å². The van der Waals surface area contributed by atoms with Gasteiger partial charge in [-0.1, -0.05) is 29.8 Å². The van der Waals surface area contributed by atoms with Crippen LogP contribution in [0, 0.1) is 0 Å². The Kier molecular flexibility index (Phi) is 6.53. The summed E-state index contributed by atoms with van der Waals surface area (Å²) < 4.78 is 16.0. The molecule has 0 aromatic heterocycles. The molecule has 0 aliphatic rings. The molecule has 0 saturated heterocycles. The predicted molar refractivity (Wildman–Crippen MR) is 97.8 cm³/mol. The van der Waals surface area contributed by atoms with Crippen LogP contribution in [0.1, 0.15) is 24.1 Å². The van der Waals surface area contributed by atoms with Gasteiger partial charge in [0.1, 0.15) is 0 Å². The molecule has 0 fully saturated rings. The third-order valence-corrected chi connectivity index (χ3v) is 4.14. The third kappa shape index (κ3) is 4.57. The summed E-state index contributed by atoms with van der Waals surface area (Å²) in [5, 5.41) is 3.64. The Hall–Kier alpha value is -2.40. The molecule has 0 radical (unpaired) electrons. The van der Waals surface area contributed by atoms with Gasteiger partial charge in [0.15, 0.2) is 11.5 Å². The molecule has 134 valence electrons. The molecule has 2 rings (SSSR count). The molecule has 0 aliphatic carbocycles. The number of hydrogen-bond acceptors (Lipinski definition) is 4. The Bertz CT molecular complexity index is 731. The van der Waals surface area contributed by atoms with Crippen molar-refractivity contribution in [3.8, 4) is 17.2 Å². The average Bonchev–Trinajstić information content (AvgIpc) is 2.61. The highest BCUT2D eigenvalue weighted by molar-refractivity contribution is 6.30. The lowest BCUT2D eigenvalue weighted by molar-refractivity contribution is -0.121. The van der Waals surface area contributed by atoms with Crippen LogP contribution in [0.4, 0.5) is 0 Å². The number of carbonyl (C=O) groups is 1. The van der Waals surface area contributed by atoms with E-state index in [1.54, 1.807) is 31.4 Å². The first kappa shape index (κ1) is 18.9. The van der Waals surface area contributed by atoms with Gasteiger partial charge in [-0.15, -0.1) is 0 Å². The number of benzene rings is 2. The van der Waals surface area contributed by atoms with Gasteiger partial charge in [0.2, 0.25) is 11.7 Å². The highest BCUT2D eigenvalue weighted by Gasteiger charge is 2.18. The van der Waals surface area contributed by atoms with Crippen LogP contribution in [0.25, 0.3) is 0 Å². The summed E-state index contributed by atoms with van der Waals surface area (Å²) in [7, 11) is 4.62. The summed E-state index contributed by atoms with van der Waals surface area (Å²) in [6.07, 6.45) is 0.168. The van der Waals surface area contributed by atoms with Crippen molar-refractivity contribution in [1.82, 2.24) is 5.32 Å². The van der Waals surface area contributed by atoms with E-state index in [-0.39, 0.29) is 18.4 Å². The fraction of sp³-hybridized carbons (Fsp3) is 0.316. The number of carbonyl (C=O) groups excluding carboxylic acids is 1. The van der Waals surface area contributed by atoms with Crippen molar-refractivity contribution in [2.75, 3.05) is 21.3 Å². The fourth-order valence-corrected chi connectivity index (χ4v) is 2.73. The zero-order valence-corrected chi connectivity index (χ0v) is 15.5. The minimum absolute atomic E-state index is 0.118. The maximum Gasteiger partial charge on any atom is 0.225 e. The zero-order chi connectivity index (χ0) is 18.4. The van der Waals surface area contributed by atoms with E-state index in [4.69, 9.17) is 25.8 Å². The maximum absolute atomic E-state index is 12.4. The Morgan fingerprint density at radius 1 is 1.00 bits per heavy atom. The average molecular weight is 364 g/mol. The van der Waals surface area contributed by atoms with E-state index in [0.717, 1.165) is 11.1 Å². The first-order valence-corrected chi connectivity index (χ1v) is 8.20. The molecule has 1 atom stereocenters. The lowest BCUT2D eigenvalue weighted by Gasteiger charge is -2.17. The lowest BCUT2D eigenvalue weighted by atomic mass is 10.1. The van der Waals surface area contributed by atoms with Crippen LogP contribution in [-0.4, -0.2) is 27.2 Å².